The molecule has 1 rings (SSSR count). The maximum Gasteiger partial charge on any atom is 0.574 e. The summed E-state index contributed by atoms with van der Waals surface area (Å²) < 4.78 is 45.6. The maximum atomic E-state index is 12.3. The molecule has 0 fully saturated rings. The van der Waals surface area contributed by atoms with Crippen LogP contribution in [0.2, 0.25) is 0 Å². The van der Waals surface area contributed by atoms with E-state index in [4.69, 9.17) is 4.74 Å². The fourth-order valence-corrected chi connectivity index (χ4v) is 2.44. The van der Waals surface area contributed by atoms with Crippen LogP contribution in [0.3, 0.4) is 0 Å². The number of nitrogens with zero attached hydrogens (tertiary/aromatic N) is 1. The van der Waals surface area contributed by atoms with Crippen molar-refractivity contribution in [3.63, 3.8) is 0 Å². The molecule has 9 heteroatoms. The highest BCUT2D eigenvalue weighted by molar-refractivity contribution is 14.1. The number of halogens is 5. The monoisotopic (exact) mass is 467 g/mol. The van der Waals surface area contributed by atoms with Gasteiger partial charge in [-0.2, -0.15) is 0 Å². The molecule has 0 saturated heterocycles. The highest BCUT2D eigenvalue weighted by Crippen LogP contribution is 2.28. The molecule has 4 nitrogen and oxygen atoms in total. The SMILES string of the molecule is CCOC(=O)Cc1nc(OC(F)(F)F)c(I)cc1CBr. The van der Waals surface area contributed by atoms with E-state index in [0.717, 1.165) is 0 Å². The molecule has 0 aliphatic heterocycles. The van der Waals surface area contributed by atoms with Crippen molar-refractivity contribution >= 4 is 44.5 Å². The Labute approximate surface area is 135 Å². The Balaban J connectivity index is 3.08. The Morgan fingerprint density at radius 1 is 1.50 bits per heavy atom. The normalized spacial score (nSPS) is 11.3. The van der Waals surface area contributed by atoms with Gasteiger partial charge in [0.2, 0.25) is 5.88 Å². The average molecular weight is 468 g/mol. The van der Waals surface area contributed by atoms with E-state index in [-0.39, 0.29) is 22.3 Å². The number of esters is 1. The largest absolute Gasteiger partial charge is 0.574 e. The number of hydrogen-bond acceptors (Lipinski definition) is 4. The third-order valence-corrected chi connectivity index (χ3v) is 3.46. The molecule has 0 N–H and O–H groups in total. The summed E-state index contributed by atoms with van der Waals surface area (Å²) in [6.45, 7) is 1.83. The van der Waals surface area contributed by atoms with Crippen LogP contribution in [0.4, 0.5) is 13.2 Å². The summed E-state index contributed by atoms with van der Waals surface area (Å²) in [4.78, 5) is 15.2. The first-order valence-corrected chi connectivity index (χ1v) is 7.62. The molecule has 0 spiro atoms. The fourth-order valence-electron chi connectivity index (χ4n) is 1.34. The number of ether oxygens (including phenoxy) is 2. The standard InChI is InChI=1S/C11H10BrF3INO3/c1-2-19-9(18)4-8-6(5-12)3-7(16)10(17-8)20-11(13,14)15/h3H,2,4-5H2,1H3. The van der Waals surface area contributed by atoms with Crippen LogP contribution in [0.15, 0.2) is 6.07 Å². The highest BCUT2D eigenvalue weighted by atomic mass is 127. The summed E-state index contributed by atoms with van der Waals surface area (Å²) in [5, 5.41) is 0.358. The second-order valence-corrected chi connectivity index (χ2v) is 5.27. The van der Waals surface area contributed by atoms with E-state index in [1.54, 1.807) is 29.5 Å². The average Bonchev–Trinajstić information content (AvgIpc) is 2.31. The number of carbonyl (C=O) groups is 1. The Hall–Kier alpha value is -0.580. The smallest absolute Gasteiger partial charge is 0.466 e. The van der Waals surface area contributed by atoms with Crippen molar-refractivity contribution in [2.24, 2.45) is 0 Å². The van der Waals surface area contributed by atoms with Crippen LogP contribution in [0.25, 0.3) is 0 Å². The second kappa shape index (κ2) is 7.43. The predicted octanol–water partition coefficient (Wildman–Crippen LogP) is 3.59. The molecule has 1 aromatic rings. The molecular weight excluding hydrogens is 458 g/mol. The van der Waals surface area contributed by atoms with Gasteiger partial charge < -0.3 is 9.47 Å². The minimum atomic E-state index is -4.83. The third kappa shape index (κ3) is 5.43. The minimum Gasteiger partial charge on any atom is -0.466 e. The Morgan fingerprint density at radius 3 is 2.65 bits per heavy atom. The van der Waals surface area contributed by atoms with Gasteiger partial charge >= 0.3 is 12.3 Å². The van der Waals surface area contributed by atoms with Crippen LogP contribution in [-0.4, -0.2) is 23.9 Å². The van der Waals surface area contributed by atoms with Crippen molar-refractivity contribution in [1.82, 2.24) is 4.98 Å². The quantitative estimate of drug-likeness (QED) is 0.377. The zero-order valence-electron chi connectivity index (χ0n) is 10.3. The van der Waals surface area contributed by atoms with Gasteiger partial charge in [0.1, 0.15) is 0 Å². The van der Waals surface area contributed by atoms with Gasteiger partial charge in [-0.25, -0.2) is 4.98 Å². The molecule has 0 bridgehead atoms. The predicted molar refractivity (Wildman–Crippen MR) is 76.6 cm³/mol. The zero-order chi connectivity index (χ0) is 15.3. The molecule has 0 atom stereocenters. The topological polar surface area (TPSA) is 48.4 Å². The van der Waals surface area contributed by atoms with Gasteiger partial charge in [-0.1, -0.05) is 15.9 Å². The molecule has 112 valence electrons. The summed E-state index contributed by atoms with van der Waals surface area (Å²) in [7, 11) is 0. The van der Waals surface area contributed by atoms with Crippen molar-refractivity contribution < 1.29 is 27.4 Å². The van der Waals surface area contributed by atoms with Gasteiger partial charge in [-0.15, -0.1) is 13.2 Å². The first-order chi connectivity index (χ1) is 9.26. The number of carbonyl (C=O) groups excluding carboxylic acids is 1. The molecule has 20 heavy (non-hydrogen) atoms. The van der Waals surface area contributed by atoms with Crippen molar-refractivity contribution in [3.05, 3.63) is 20.9 Å². The summed E-state index contributed by atoms with van der Waals surface area (Å²) >= 11 is 4.89. The molecule has 1 aromatic heterocycles. The zero-order valence-corrected chi connectivity index (χ0v) is 14.0. The van der Waals surface area contributed by atoms with E-state index in [2.05, 4.69) is 25.7 Å². The van der Waals surface area contributed by atoms with E-state index in [1.807, 2.05) is 0 Å². The Morgan fingerprint density at radius 2 is 2.15 bits per heavy atom. The number of pyridine rings is 1. The van der Waals surface area contributed by atoms with Crippen LogP contribution in [0.1, 0.15) is 18.2 Å². The van der Waals surface area contributed by atoms with Gasteiger partial charge in [-0.05, 0) is 41.1 Å². The third-order valence-electron chi connectivity index (χ3n) is 2.09. The lowest BCUT2D eigenvalue weighted by atomic mass is 10.1. The molecular formula is C11H10BrF3INO3. The lowest BCUT2D eigenvalue weighted by molar-refractivity contribution is -0.276. The van der Waals surface area contributed by atoms with Crippen LogP contribution >= 0.6 is 38.5 Å². The number of rotatable bonds is 5. The Bertz CT molecular complexity index is 497. The molecule has 0 amide bonds. The van der Waals surface area contributed by atoms with Crippen molar-refractivity contribution in [2.45, 2.75) is 25.0 Å². The summed E-state index contributed by atoms with van der Waals surface area (Å²) in [5.41, 5.74) is 0.803. The van der Waals surface area contributed by atoms with Gasteiger partial charge in [0.25, 0.3) is 0 Å². The van der Waals surface area contributed by atoms with E-state index < -0.39 is 18.2 Å². The van der Waals surface area contributed by atoms with Crippen molar-refractivity contribution in [2.75, 3.05) is 6.61 Å². The lowest BCUT2D eigenvalue weighted by Crippen LogP contribution is -2.20. The Kier molecular flexibility index (Phi) is 6.49. The molecule has 0 unspecified atom stereocenters. The molecule has 1 heterocycles. The van der Waals surface area contributed by atoms with Gasteiger partial charge in [0.05, 0.1) is 22.3 Å². The van der Waals surface area contributed by atoms with E-state index in [1.165, 1.54) is 6.07 Å². The lowest BCUT2D eigenvalue weighted by Gasteiger charge is -2.13. The number of alkyl halides is 4. The van der Waals surface area contributed by atoms with Gasteiger partial charge in [0, 0.05) is 5.33 Å². The maximum absolute atomic E-state index is 12.3. The van der Waals surface area contributed by atoms with Crippen LogP contribution in [0.5, 0.6) is 5.88 Å². The van der Waals surface area contributed by atoms with Crippen molar-refractivity contribution in [3.8, 4) is 5.88 Å². The molecule has 0 radical (unpaired) electrons. The molecule has 0 saturated carbocycles. The van der Waals surface area contributed by atoms with Crippen LogP contribution in [-0.2, 0) is 21.3 Å². The van der Waals surface area contributed by atoms with Crippen molar-refractivity contribution in [1.29, 1.82) is 0 Å². The summed E-state index contributed by atoms with van der Waals surface area (Å²) in [6, 6.07) is 1.48. The number of hydrogen-bond donors (Lipinski definition) is 0. The summed E-state index contributed by atoms with van der Waals surface area (Å²) in [5.74, 6) is -1.12. The fraction of sp³-hybridized carbons (Fsp3) is 0.455. The van der Waals surface area contributed by atoms with Gasteiger partial charge in [-0.3, -0.25) is 4.79 Å². The second-order valence-electron chi connectivity index (χ2n) is 3.54. The highest BCUT2D eigenvalue weighted by Gasteiger charge is 2.33. The van der Waals surface area contributed by atoms with E-state index in [9.17, 15) is 18.0 Å². The number of aromatic nitrogens is 1. The van der Waals surface area contributed by atoms with Crippen LogP contribution in [0, 0.1) is 3.57 Å². The molecule has 0 aliphatic rings. The van der Waals surface area contributed by atoms with Gasteiger partial charge in [0.15, 0.2) is 0 Å². The molecule has 0 aliphatic carbocycles. The minimum absolute atomic E-state index is 0.193. The van der Waals surface area contributed by atoms with E-state index in [0.29, 0.717) is 10.9 Å². The first-order valence-electron chi connectivity index (χ1n) is 5.42. The first kappa shape index (κ1) is 17.5. The van der Waals surface area contributed by atoms with E-state index >= 15 is 0 Å². The summed E-state index contributed by atoms with van der Waals surface area (Å²) in [6.07, 6.45) is -5.04. The molecule has 0 aromatic carbocycles. The van der Waals surface area contributed by atoms with Crippen LogP contribution < -0.4 is 4.74 Å².